The number of benzene rings is 3. The van der Waals surface area contributed by atoms with Gasteiger partial charge in [-0.3, -0.25) is 13.9 Å². The van der Waals surface area contributed by atoms with E-state index in [2.05, 4.69) is 17.6 Å². The zero-order chi connectivity index (χ0) is 24.3. The summed E-state index contributed by atoms with van der Waals surface area (Å²) in [5.41, 5.74) is 2.88. The van der Waals surface area contributed by atoms with Crippen LogP contribution < -0.4 is 14.9 Å². The summed E-state index contributed by atoms with van der Waals surface area (Å²) < 4.78 is 26.9. The minimum Gasteiger partial charge on any atom is -0.352 e. The first-order valence-corrected chi connectivity index (χ1v) is 12.7. The Morgan fingerprint density at radius 1 is 0.882 bits per heavy atom. The fourth-order valence-corrected chi connectivity index (χ4v) is 5.44. The molecule has 0 spiro atoms. The number of unbranched alkanes of at least 4 members (excludes halogenated alkanes) is 2. The summed E-state index contributed by atoms with van der Waals surface area (Å²) >= 11 is 0. The molecule has 1 aliphatic rings. The highest BCUT2D eigenvalue weighted by Gasteiger charge is 2.32. The first kappa shape index (κ1) is 23.5. The Hall–Kier alpha value is -3.65. The molecule has 2 amide bonds. The van der Waals surface area contributed by atoms with Crippen LogP contribution in [0, 0.1) is 0 Å². The number of carbonyl (C=O) groups excluding carboxylic acids is 2. The van der Waals surface area contributed by atoms with Gasteiger partial charge in [0.25, 0.3) is 21.8 Å². The lowest BCUT2D eigenvalue weighted by atomic mass is 10.00. The molecule has 0 saturated heterocycles. The summed E-state index contributed by atoms with van der Waals surface area (Å²) in [6, 6.07) is 18.5. The van der Waals surface area contributed by atoms with Gasteiger partial charge < -0.3 is 10.6 Å². The van der Waals surface area contributed by atoms with Gasteiger partial charge in [-0.1, -0.05) is 50.1 Å². The molecule has 4 rings (SSSR count). The summed E-state index contributed by atoms with van der Waals surface area (Å²) in [4.78, 5) is 26.0. The molecule has 0 radical (unpaired) electrons. The highest BCUT2D eigenvalue weighted by molar-refractivity contribution is 7.93. The molecule has 8 heteroatoms. The van der Waals surface area contributed by atoms with Crippen LogP contribution in [0.5, 0.6) is 0 Å². The van der Waals surface area contributed by atoms with Gasteiger partial charge in [-0.05, 0) is 42.8 Å². The molecule has 7 nitrogen and oxygen atoms in total. The molecule has 0 saturated carbocycles. The zero-order valence-electron chi connectivity index (χ0n) is 19.2. The van der Waals surface area contributed by atoms with Gasteiger partial charge in [0.05, 0.1) is 21.8 Å². The van der Waals surface area contributed by atoms with Crippen molar-refractivity contribution in [2.45, 2.75) is 31.1 Å². The van der Waals surface area contributed by atoms with Crippen molar-refractivity contribution >= 4 is 33.2 Å². The predicted molar refractivity (Wildman–Crippen MR) is 134 cm³/mol. The van der Waals surface area contributed by atoms with Crippen LogP contribution in [-0.4, -0.2) is 33.8 Å². The summed E-state index contributed by atoms with van der Waals surface area (Å²) in [5.74, 6) is -0.624. The molecule has 0 aromatic heterocycles. The maximum Gasteiger partial charge on any atom is 0.264 e. The summed E-state index contributed by atoms with van der Waals surface area (Å²) in [5, 5.41) is 5.73. The standard InChI is InChI=1S/C26H27N3O4S/c1-3-4-9-16-27-26(31)20-11-5-7-12-22(20)28-25(30)18-14-15-23-21(17-18)19-10-6-8-13-24(19)34(32,33)29(23)2/h5-8,10-15,17H,3-4,9,16H2,1-2H3,(H,27,31)(H,28,30). The monoisotopic (exact) mass is 477 g/mol. The number of fused-ring (bicyclic) bond motifs is 3. The van der Waals surface area contributed by atoms with Gasteiger partial charge in [-0.15, -0.1) is 0 Å². The van der Waals surface area contributed by atoms with E-state index >= 15 is 0 Å². The quantitative estimate of drug-likeness (QED) is 0.484. The molecule has 0 atom stereocenters. The van der Waals surface area contributed by atoms with Gasteiger partial charge in [-0.25, -0.2) is 8.42 Å². The topological polar surface area (TPSA) is 95.6 Å². The first-order chi connectivity index (χ1) is 16.3. The Kier molecular flexibility index (Phi) is 6.70. The Morgan fingerprint density at radius 3 is 2.41 bits per heavy atom. The number of anilines is 2. The van der Waals surface area contributed by atoms with E-state index in [1.54, 1.807) is 66.7 Å². The fourth-order valence-electron chi connectivity index (χ4n) is 4.02. The van der Waals surface area contributed by atoms with Crippen LogP contribution in [0.3, 0.4) is 0 Å². The molecule has 0 unspecified atom stereocenters. The highest BCUT2D eigenvalue weighted by Crippen LogP contribution is 2.42. The number of nitrogens with one attached hydrogen (secondary N) is 2. The van der Waals surface area contributed by atoms with Crippen molar-refractivity contribution in [1.29, 1.82) is 0 Å². The van der Waals surface area contributed by atoms with E-state index in [0.717, 1.165) is 19.3 Å². The largest absolute Gasteiger partial charge is 0.352 e. The smallest absolute Gasteiger partial charge is 0.264 e. The van der Waals surface area contributed by atoms with E-state index in [1.165, 1.54) is 11.4 Å². The summed E-state index contributed by atoms with van der Waals surface area (Å²) in [6.45, 7) is 2.68. The van der Waals surface area contributed by atoms with Gasteiger partial charge in [0.2, 0.25) is 0 Å². The number of hydrogen-bond acceptors (Lipinski definition) is 4. The van der Waals surface area contributed by atoms with Gasteiger partial charge in [-0.2, -0.15) is 0 Å². The van der Waals surface area contributed by atoms with Crippen LogP contribution in [0.15, 0.2) is 71.6 Å². The van der Waals surface area contributed by atoms with Crippen LogP contribution in [0.4, 0.5) is 11.4 Å². The second kappa shape index (κ2) is 9.69. The molecule has 3 aromatic rings. The van der Waals surface area contributed by atoms with Crippen molar-refractivity contribution in [3.8, 4) is 11.1 Å². The lowest BCUT2D eigenvalue weighted by Crippen LogP contribution is -2.30. The summed E-state index contributed by atoms with van der Waals surface area (Å²) in [6.07, 6.45) is 3.00. The minimum absolute atomic E-state index is 0.202. The van der Waals surface area contributed by atoms with Crippen molar-refractivity contribution < 1.29 is 18.0 Å². The Balaban J connectivity index is 1.61. The van der Waals surface area contributed by atoms with Crippen molar-refractivity contribution in [3.63, 3.8) is 0 Å². The van der Waals surface area contributed by atoms with Crippen LogP contribution in [-0.2, 0) is 10.0 Å². The van der Waals surface area contributed by atoms with E-state index < -0.39 is 10.0 Å². The lowest BCUT2D eigenvalue weighted by molar-refractivity contribution is 0.0954. The molecular weight excluding hydrogens is 450 g/mol. The van der Waals surface area contributed by atoms with Gasteiger partial charge in [0.15, 0.2) is 0 Å². The SMILES string of the molecule is CCCCCNC(=O)c1ccccc1NC(=O)c1ccc2c(c1)-c1ccccc1S(=O)(=O)N2C. The van der Waals surface area contributed by atoms with Crippen molar-refractivity contribution in [3.05, 3.63) is 77.9 Å². The van der Waals surface area contributed by atoms with Crippen LogP contribution in [0.2, 0.25) is 0 Å². The second-order valence-electron chi connectivity index (χ2n) is 8.16. The highest BCUT2D eigenvalue weighted by atomic mass is 32.2. The fraction of sp³-hybridized carbons (Fsp3) is 0.231. The van der Waals surface area contributed by atoms with Crippen molar-refractivity contribution in [2.24, 2.45) is 0 Å². The summed E-state index contributed by atoms with van der Waals surface area (Å²) in [7, 11) is -2.15. The maximum atomic E-state index is 13.1. The molecule has 0 fully saturated rings. The minimum atomic E-state index is -3.65. The van der Waals surface area contributed by atoms with E-state index in [4.69, 9.17) is 0 Å². The van der Waals surface area contributed by atoms with Gasteiger partial charge in [0, 0.05) is 30.3 Å². The number of sulfonamides is 1. The number of hydrogen-bond donors (Lipinski definition) is 2. The number of nitrogens with zero attached hydrogens (tertiary/aromatic N) is 1. The number of carbonyl (C=O) groups is 2. The second-order valence-corrected chi connectivity index (χ2v) is 10.1. The normalized spacial score (nSPS) is 13.5. The average molecular weight is 478 g/mol. The third kappa shape index (κ3) is 4.41. The van der Waals surface area contributed by atoms with Crippen LogP contribution in [0.25, 0.3) is 11.1 Å². The number of amides is 2. The third-order valence-electron chi connectivity index (χ3n) is 5.90. The van der Waals surface area contributed by atoms with Gasteiger partial charge >= 0.3 is 0 Å². The Morgan fingerprint density at radius 2 is 1.62 bits per heavy atom. The van der Waals surface area contributed by atoms with Crippen LogP contribution in [0.1, 0.15) is 46.9 Å². The molecule has 34 heavy (non-hydrogen) atoms. The maximum absolute atomic E-state index is 13.1. The van der Waals surface area contributed by atoms with E-state index in [9.17, 15) is 18.0 Å². The number of rotatable bonds is 7. The van der Waals surface area contributed by atoms with Crippen molar-refractivity contribution in [1.82, 2.24) is 5.32 Å². The molecule has 3 aromatic carbocycles. The van der Waals surface area contributed by atoms with E-state index in [1.807, 2.05) is 0 Å². The zero-order valence-corrected chi connectivity index (χ0v) is 20.0. The average Bonchev–Trinajstić information content (AvgIpc) is 2.85. The van der Waals surface area contributed by atoms with E-state index in [-0.39, 0.29) is 16.7 Å². The number of para-hydroxylation sites is 1. The Bertz CT molecular complexity index is 1350. The van der Waals surface area contributed by atoms with Gasteiger partial charge in [0.1, 0.15) is 0 Å². The molecule has 176 valence electrons. The van der Waals surface area contributed by atoms with Crippen molar-refractivity contribution in [2.75, 3.05) is 23.2 Å². The molecular formula is C26H27N3O4S. The first-order valence-electron chi connectivity index (χ1n) is 11.3. The Labute approximate surface area is 199 Å². The molecule has 0 aliphatic carbocycles. The predicted octanol–water partition coefficient (Wildman–Crippen LogP) is 4.66. The molecule has 1 heterocycles. The van der Waals surface area contributed by atoms with E-state index in [0.29, 0.717) is 40.2 Å². The molecule has 0 bridgehead atoms. The van der Waals surface area contributed by atoms with Crippen LogP contribution >= 0.6 is 0 Å². The molecule has 1 aliphatic heterocycles. The third-order valence-corrected chi connectivity index (χ3v) is 7.73. The lowest BCUT2D eigenvalue weighted by Gasteiger charge is -2.29. The molecule has 2 N–H and O–H groups in total.